The normalized spacial score (nSPS) is 16.2. The van der Waals surface area contributed by atoms with Gasteiger partial charge < -0.3 is 15.0 Å². The summed E-state index contributed by atoms with van der Waals surface area (Å²) in [5.41, 5.74) is 12.8. The Balaban J connectivity index is 0.000000645. The van der Waals surface area contributed by atoms with E-state index in [0.717, 1.165) is 30.8 Å². The number of nitrogen functional groups attached to an aromatic ring is 1. The van der Waals surface area contributed by atoms with E-state index in [1.807, 2.05) is 12.1 Å². The van der Waals surface area contributed by atoms with E-state index in [9.17, 15) is 0 Å². The van der Waals surface area contributed by atoms with Crippen molar-refractivity contribution in [1.29, 1.82) is 0 Å². The van der Waals surface area contributed by atoms with Crippen LogP contribution in [0.25, 0.3) is 27.5 Å². The van der Waals surface area contributed by atoms with Crippen molar-refractivity contribution in [1.82, 2.24) is 4.57 Å². The van der Waals surface area contributed by atoms with Gasteiger partial charge in [-0.1, -0.05) is 38.0 Å². The van der Waals surface area contributed by atoms with Crippen molar-refractivity contribution in [2.24, 2.45) is 0 Å². The smallest absolute Gasteiger partial charge is 0.0826 e. The molecule has 4 aromatic rings. The second-order valence-electron chi connectivity index (χ2n) is 7.93. The lowest BCUT2D eigenvalue weighted by molar-refractivity contribution is 0.112. The number of ether oxygens (including phenoxy) is 1. The Morgan fingerprint density at radius 1 is 0.931 bits per heavy atom. The van der Waals surface area contributed by atoms with Crippen molar-refractivity contribution in [3.63, 3.8) is 0 Å². The second-order valence-corrected chi connectivity index (χ2v) is 7.93. The molecule has 150 valence electrons. The van der Waals surface area contributed by atoms with Crippen LogP contribution in [0, 0.1) is 6.92 Å². The predicted molar refractivity (Wildman–Crippen MR) is 124 cm³/mol. The van der Waals surface area contributed by atoms with E-state index in [1.54, 1.807) is 0 Å². The van der Waals surface area contributed by atoms with E-state index in [2.05, 4.69) is 73.9 Å². The minimum atomic E-state index is 0.235. The quantitative estimate of drug-likeness (QED) is 0.379. The number of fused-ring (bicyclic) bond motifs is 3. The number of rotatable bonds is 2. The molecule has 5 rings (SSSR count). The van der Waals surface area contributed by atoms with E-state index in [1.165, 1.54) is 39.4 Å². The van der Waals surface area contributed by atoms with E-state index >= 15 is 0 Å². The van der Waals surface area contributed by atoms with Crippen molar-refractivity contribution in [2.75, 3.05) is 12.3 Å². The molecule has 1 unspecified atom stereocenters. The molecule has 0 amide bonds. The predicted octanol–water partition coefficient (Wildman–Crippen LogP) is 6.94. The Morgan fingerprint density at radius 2 is 1.59 bits per heavy atom. The average Bonchev–Trinajstić information content (AvgIpc) is 3.35. The minimum absolute atomic E-state index is 0.235. The summed E-state index contributed by atoms with van der Waals surface area (Å²) in [6.45, 7) is 7.27. The fourth-order valence-corrected chi connectivity index (χ4v) is 4.10. The molecular formula is C26H30N2O. The third kappa shape index (κ3) is 3.75. The summed E-state index contributed by atoms with van der Waals surface area (Å²) >= 11 is 0. The van der Waals surface area contributed by atoms with Crippen LogP contribution in [0.3, 0.4) is 0 Å². The molecule has 1 aliphatic rings. The van der Waals surface area contributed by atoms with Gasteiger partial charge in [0.15, 0.2) is 0 Å². The third-order valence-corrected chi connectivity index (χ3v) is 5.40. The van der Waals surface area contributed by atoms with Gasteiger partial charge in [-0.15, -0.1) is 0 Å². The molecule has 2 N–H and O–H groups in total. The lowest BCUT2D eigenvalue weighted by Crippen LogP contribution is -1.97. The Kier molecular flexibility index (Phi) is 5.59. The molecule has 1 aliphatic heterocycles. The Labute approximate surface area is 173 Å². The Morgan fingerprint density at radius 3 is 2.24 bits per heavy atom. The van der Waals surface area contributed by atoms with Gasteiger partial charge >= 0.3 is 0 Å². The molecule has 3 nitrogen and oxygen atoms in total. The number of aryl methyl sites for hydroxylation is 1. The maximum Gasteiger partial charge on any atom is 0.0826 e. The first kappa shape index (κ1) is 19.5. The van der Waals surface area contributed by atoms with Crippen LogP contribution < -0.4 is 5.73 Å². The SMILES string of the molecule is CCC.Cc1ccc2c(c1)c1cc(C3CCCO3)ccc1n2-c1ccc(N)cc1. The van der Waals surface area contributed by atoms with Crippen molar-refractivity contribution < 1.29 is 4.74 Å². The summed E-state index contributed by atoms with van der Waals surface area (Å²) in [4.78, 5) is 0. The van der Waals surface area contributed by atoms with Crippen molar-refractivity contribution >= 4 is 27.5 Å². The summed E-state index contributed by atoms with van der Waals surface area (Å²) in [6.07, 6.45) is 3.75. The number of nitrogens with two attached hydrogens (primary N) is 1. The molecule has 1 fully saturated rings. The molecule has 0 bridgehead atoms. The van der Waals surface area contributed by atoms with E-state index in [0.29, 0.717) is 0 Å². The van der Waals surface area contributed by atoms with Gasteiger partial charge in [-0.3, -0.25) is 0 Å². The molecule has 1 atom stereocenters. The highest BCUT2D eigenvalue weighted by atomic mass is 16.5. The first-order valence-electron chi connectivity index (χ1n) is 10.6. The Bertz CT molecular complexity index is 1120. The van der Waals surface area contributed by atoms with Gasteiger partial charge in [0.25, 0.3) is 0 Å². The van der Waals surface area contributed by atoms with E-state index in [-0.39, 0.29) is 6.10 Å². The average molecular weight is 387 g/mol. The number of benzene rings is 3. The minimum Gasteiger partial charge on any atom is -0.399 e. The topological polar surface area (TPSA) is 40.2 Å². The van der Waals surface area contributed by atoms with Gasteiger partial charge in [0.2, 0.25) is 0 Å². The van der Waals surface area contributed by atoms with Crippen LogP contribution in [0.15, 0.2) is 60.7 Å². The molecule has 0 aliphatic carbocycles. The van der Waals surface area contributed by atoms with Gasteiger partial charge in [0.05, 0.1) is 17.1 Å². The van der Waals surface area contributed by atoms with Crippen LogP contribution in [0.1, 0.15) is 50.3 Å². The summed E-state index contributed by atoms with van der Waals surface area (Å²) in [5.74, 6) is 0. The molecule has 3 aromatic carbocycles. The van der Waals surface area contributed by atoms with Gasteiger partial charge in [0.1, 0.15) is 0 Å². The van der Waals surface area contributed by atoms with Crippen LogP contribution in [0.5, 0.6) is 0 Å². The van der Waals surface area contributed by atoms with Gasteiger partial charge in [0, 0.05) is 28.8 Å². The lowest BCUT2D eigenvalue weighted by atomic mass is 10.0. The molecule has 29 heavy (non-hydrogen) atoms. The fraction of sp³-hybridized carbons (Fsp3) is 0.308. The molecule has 0 saturated carbocycles. The lowest BCUT2D eigenvalue weighted by Gasteiger charge is -2.11. The molecule has 0 spiro atoms. The highest BCUT2D eigenvalue weighted by molar-refractivity contribution is 6.09. The maximum atomic E-state index is 5.91. The zero-order valence-corrected chi connectivity index (χ0v) is 17.6. The largest absolute Gasteiger partial charge is 0.399 e. The van der Waals surface area contributed by atoms with Crippen molar-refractivity contribution in [2.45, 2.75) is 46.1 Å². The number of nitrogens with zero attached hydrogens (tertiary/aromatic N) is 1. The molecular weight excluding hydrogens is 356 g/mol. The van der Waals surface area contributed by atoms with Crippen LogP contribution >= 0.6 is 0 Å². The molecule has 1 saturated heterocycles. The molecule has 0 radical (unpaired) electrons. The zero-order chi connectivity index (χ0) is 20.4. The fourth-order valence-electron chi connectivity index (χ4n) is 4.10. The highest BCUT2D eigenvalue weighted by Gasteiger charge is 2.20. The first-order valence-corrected chi connectivity index (χ1v) is 10.6. The summed E-state index contributed by atoms with van der Waals surface area (Å²) in [6, 6.07) is 21.5. The Hall–Kier alpha value is -2.78. The van der Waals surface area contributed by atoms with Crippen LogP contribution in [-0.4, -0.2) is 11.2 Å². The maximum absolute atomic E-state index is 5.91. The highest BCUT2D eigenvalue weighted by Crippen LogP contribution is 2.36. The van der Waals surface area contributed by atoms with Crippen LogP contribution in [-0.2, 0) is 4.74 Å². The monoisotopic (exact) mass is 386 g/mol. The van der Waals surface area contributed by atoms with Crippen LogP contribution in [0.2, 0.25) is 0 Å². The number of aromatic nitrogens is 1. The molecule has 3 heteroatoms. The number of hydrogen-bond acceptors (Lipinski definition) is 2. The van der Waals surface area contributed by atoms with E-state index in [4.69, 9.17) is 10.5 Å². The molecule has 2 heterocycles. The summed E-state index contributed by atoms with van der Waals surface area (Å²) < 4.78 is 8.23. The standard InChI is InChI=1S/C23H22N2O.C3H8/c1-15-4-10-21-19(13-15)20-14-16(23-3-2-12-26-23)5-11-22(20)25(21)18-8-6-17(24)7-9-18;1-3-2/h4-11,13-14,23H,2-3,12,24H2,1H3;3H2,1-2H3. The zero-order valence-electron chi connectivity index (χ0n) is 17.6. The van der Waals surface area contributed by atoms with Crippen molar-refractivity contribution in [3.05, 3.63) is 71.8 Å². The molecule has 1 aromatic heterocycles. The summed E-state index contributed by atoms with van der Waals surface area (Å²) in [7, 11) is 0. The second kappa shape index (κ2) is 8.30. The number of anilines is 1. The van der Waals surface area contributed by atoms with Crippen molar-refractivity contribution in [3.8, 4) is 5.69 Å². The van der Waals surface area contributed by atoms with E-state index < -0.39 is 0 Å². The summed E-state index contributed by atoms with van der Waals surface area (Å²) in [5, 5.41) is 2.57. The third-order valence-electron chi connectivity index (χ3n) is 5.40. The van der Waals surface area contributed by atoms with Gasteiger partial charge in [-0.2, -0.15) is 0 Å². The number of hydrogen-bond donors (Lipinski definition) is 1. The van der Waals surface area contributed by atoms with Gasteiger partial charge in [-0.05, 0) is 73.9 Å². The first-order chi connectivity index (χ1) is 14.1. The van der Waals surface area contributed by atoms with Gasteiger partial charge in [-0.25, -0.2) is 0 Å². The van der Waals surface area contributed by atoms with Crippen LogP contribution in [0.4, 0.5) is 5.69 Å².